The summed E-state index contributed by atoms with van der Waals surface area (Å²) in [6.45, 7) is 0. The van der Waals surface area contributed by atoms with E-state index in [4.69, 9.17) is 16.6 Å². The molecule has 1 rings (SSSR count). The lowest BCUT2D eigenvalue weighted by molar-refractivity contribution is -0.146. The number of carboxylic acid groups (broad SMARTS) is 1. The van der Waals surface area contributed by atoms with Gasteiger partial charge in [0.15, 0.2) is 0 Å². The fourth-order valence-electron chi connectivity index (χ4n) is 0.984. The van der Waals surface area contributed by atoms with Crippen molar-refractivity contribution in [1.82, 2.24) is 0 Å². The van der Waals surface area contributed by atoms with Crippen LogP contribution in [0.15, 0.2) is 23.9 Å². The first-order chi connectivity index (χ1) is 5.43. The predicted octanol–water partition coefficient (Wildman–Crippen LogP) is -1.25. The third kappa shape index (κ3) is 1.46. The average Bonchev–Trinajstić information content (AvgIpc) is 1.94. The lowest BCUT2D eigenvalue weighted by Crippen LogP contribution is -2.49. The molecule has 1 aliphatic carbocycles. The van der Waals surface area contributed by atoms with Crippen molar-refractivity contribution < 1.29 is 15.0 Å². The first kappa shape index (κ1) is 8.76. The molecule has 0 fully saturated rings. The summed E-state index contributed by atoms with van der Waals surface area (Å²) in [7, 11) is 0. The van der Waals surface area contributed by atoms with E-state index in [1.165, 1.54) is 18.2 Å². The Bertz CT molecular complexity index is 268. The molecule has 0 amide bonds. The van der Waals surface area contributed by atoms with Gasteiger partial charge in [0.2, 0.25) is 0 Å². The molecular weight excluding hydrogens is 160 g/mol. The number of carbonyl (C=O) groups is 1. The van der Waals surface area contributed by atoms with Crippen molar-refractivity contribution in [3.8, 4) is 0 Å². The van der Waals surface area contributed by atoms with Crippen LogP contribution in [0, 0.1) is 5.92 Å². The van der Waals surface area contributed by atoms with E-state index in [9.17, 15) is 9.90 Å². The smallest absolute Gasteiger partial charge is 0.315 e. The van der Waals surface area contributed by atoms with E-state index in [2.05, 4.69) is 0 Å². The molecule has 0 saturated carbocycles. The molecular formula is C7H10N2O3. The van der Waals surface area contributed by atoms with Gasteiger partial charge in [0, 0.05) is 5.70 Å². The molecule has 5 nitrogen and oxygen atoms in total. The fraction of sp³-hybridized carbons (Fsp3) is 0.286. The number of aliphatic carboxylic acids is 1. The Hall–Kier alpha value is -1.33. The molecule has 2 unspecified atom stereocenters. The average molecular weight is 170 g/mol. The van der Waals surface area contributed by atoms with Gasteiger partial charge >= 0.3 is 5.97 Å². The number of hydrogen-bond acceptors (Lipinski definition) is 4. The molecule has 0 aliphatic heterocycles. The summed E-state index contributed by atoms with van der Waals surface area (Å²) < 4.78 is 0. The summed E-state index contributed by atoms with van der Waals surface area (Å²) in [6, 6.07) is 0. The molecule has 0 aromatic rings. The zero-order chi connectivity index (χ0) is 9.35. The SMILES string of the molecule is NC1=CC(C(=O)O)C(N)(O)C=C1. The maximum atomic E-state index is 10.5. The standard InChI is InChI=1S/C7H10N2O3/c8-4-1-2-7(9,12)5(3-4)6(10)11/h1-3,5,12H,8-9H2,(H,10,11). The van der Waals surface area contributed by atoms with Crippen LogP contribution < -0.4 is 11.5 Å². The zero-order valence-electron chi connectivity index (χ0n) is 6.27. The van der Waals surface area contributed by atoms with E-state index in [0.29, 0.717) is 0 Å². The van der Waals surface area contributed by atoms with Gasteiger partial charge in [0.25, 0.3) is 0 Å². The van der Waals surface area contributed by atoms with Gasteiger partial charge < -0.3 is 15.9 Å². The predicted molar refractivity (Wildman–Crippen MR) is 41.7 cm³/mol. The number of rotatable bonds is 1. The van der Waals surface area contributed by atoms with Gasteiger partial charge in [0.1, 0.15) is 11.6 Å². The van der Waals surface area contributed by atoms with Gasteiger partial charge in [-0.1, -0.05) is 0 Å². The van der Waals surface area contributed by atoms with Gasteiger partial charge in [-0.3, -0.25) is 10.5 Å². The Morgan fingerprint density at radius 2 is 2.25 bits per heavy atom. The second-order valence-corrected chi connectivity index (χ2v) is 2.70. The number of allylic oxidation sites excluding steroid dienone is 1. The topological polar surface area (TPSA) is 110 Å². The highest BCUT2D eigenvalue weighted by molar-refractivity contribution is 5.75. The number of nitrogens with two attached hydrogens (primary N) is 2. The van der Waals surface area contributed by atoms with E-state index in [0.717, 1.165) is 0 Å². The minimum absolute atomic E-state index is 0.289. The number of hydrogen-bond donors (Lipinski definition) is 4. The van der Waals surface area contributed by atoms with Crippen LogP contribution in [0.3, 0.4) is 0 Å². The van der Waals surface area contributed by atoms with Crippen molar-refractivity contribution >= 4 is 5.97 Å². The first-order valence-corrected chi connectivity index (χ1v) is 3.34. The largest absolute Gasteiger partial charge is 0.481 e. The van der Waals surface area contributed by atoms with E-state index >= 15 is 0 Å². The van der Waals surface area contributed by atoms with E-state index in [1.807, 2.05) is 0 Å². The summed E-state index contributed by atoms with van der Waals surface area (Å²) >= 11 is 0. The Balaban J connectivity index is 2.98. The van der Waals surface area contributed by atoms with Crippen LogP contribution >= 0.6 is 0 Å². The number of aliphatic hydroxyl groups is 1. The van der Waals surface area contributed by atoms with Crippen molar-refractivity contribution in [2.24, 2.45) is 17.4 Å². The molecule has 0 aromatic heterocycles. The summed E-state index contributed by atoms with van der Waals surface area (Å²) in [5, 5.41) is 18.0. The van der Waals surface area contributed by atoms with Crippen LogP contribution in [0.1, 0.15) is 0 Å². The van der Waals surface area contributed by atoms with Crippen LogP contribution in [-0.2, 0) is 4.79 Å². The normalized spacial score (nSPS) is 34.5. The molecule has 0 heterocycles. The molecule has 6 N–H and O–H groups in total. The van der Waals surface area contributed by atoms with Crippen molar-refractivity contribution in [3.05, 3.63) is 23.9 Å². The maximum absolute atomic E-state index is 10.5. The van der Waals surface area contributed by atoms with Crippen LogP contribution in [0.2, 0.25) is 0 Å². The van der Waals surface area contributed by atoms with Crippen LogP contribution in [0.4, 0.5) is 0 Å². The van der Waals surface area contributed by atoms with E-state index in [1.54, 1.807) is 0 Å². The highest BCUT2D eigenvalue weighted by Gasteiger charge is 2.36. The van der Waals surface area contributed by atoms with Crippen molar-refractivity contribution in [3.63, 3.8) is 0 Å². The molecule has 12 heavy (non-hydrogen) atoms. The van der Waals surface area contributed by atoms with Gasteiger partial charge in [-0.05, 0) is 18.2 Å². The molecule has 0 bridgehead atoms. The van der Waals surface area contributed by atoms with E-state index in [-0.39, 0.29) is 5.70 Å². The Kier molecular flexibility index (Phi) is 1.91. The van der Waals surface area contributed by atoms with Gasteiger partial charge in [-0.15, -0.1) is 0 Å². The van der Waals surface area contributed by atoms with Crippen LogP contribution in [0.25, 0.3) is 0 Å². The molecule has 2 atom stereocenters. The Labute approximate surface area is 69.0 Å². The second-order valence-electron chi connectivity index (χ2n) is 2.70. The highest BCUT2D eigenvalue weighted by atomic mass is 16.4. The monoisotopic (exact) mass is 170 g/mol. The summed E-state index contributed by atoms with van der Waals surface area (Å²) in [6.07, 6.45) is 3.75. The molecule has 0 aromatic carbocycles. The highest BCUT2D eigenvalue weighted by Crippen LogP contribution is 2.21. The van der Waals surface area contributed by atoms with Gasteiger partial charge in [0.05, 0.1) is 0 Å². The summed E-state index contributed by atoms with van der Waals surface area (Å²) in [5.41, 5.74) is 9.05. The molecule has 66 valence electrons. The van der Waals surface area contributed by atoms with Crippen molar-refractivity contribution in [2.45, 2.75) is 5.72 Å². The zero-order valence-corrected chi connectivity index (χ0v) is 6.27. The lowest BCUT2D eigenvalue weighted by atomic mass is 9.91. The minimum atomic E-state index is -1.84. The maximum Gasteiger partial charge on any atom is 0.315 e. The summed E-state index contributed by atoms with van der Waals surface area (Å²) in [5.74, 6) is -2.38. The van der Waals surface area contributed by atoms with Crippen LogP contribution in [0.5, 0.6) is 0 Å². The second kappa shape index (κ2) is 2.62. The lowest BCUT2D eigenvalue weighted by Gasteiger charge is -2.27. The van der Waals surface area contributed by atoms with E-state index < -0.39 is 17.6 Å². The minimum Gasteiger partial charge on any atom is -0.481 e. The quantitative estimate of drug-likeness (QED) is 0.367. The Morgan fingerprint density at radius 1 is 1.67 bits per heavy atom. The van der Waals surface area contributed by atoms with Crippen LogP contribution in [-0.4, -0.2) is 21.9 Å². The fourth-order valence-corrected chi connectivity index (χ4v) is 0.984. The summed E-state index contributed by atoms with van der Waals surface area (Å²) in [4.78, 5) is 10.5. The molecule has 0 saturated heterocycles. The molecule has 1 aliphatic rings. The van der Waals surface area contributed by atoms with Gasteiger partial charge in [-0.2, -0.15) is 0 Å². The molecule has 0 radical (unpaired) electrons. The third-order valence-corrected chi connectivity index (χ3v) is 1.67. The van der Waals surface area contributed by atoms with Gasteiger partial charge in [-0.25, -0.2) is 0 Å². The van der Waals surface area contributed by atoms with Crippen molar-refractivity contribution in [2.75, 3.05) is 0 Å². The first-order valence-electron chi connectivity index (χ1n) is 3.34. The third-order valence-electron chi connectivity index (χ3n) is 1.67. The Morgan fingerprint density at radius 3 is 2.67 bits per heavy atom. The molecule has 5 heteroatoms. The molecule has 0 spiro atoms. The number of carboxylic acids is 1. The van der Waals surface area contributed by atoms with Crippen molar-refractivity contribution in [1.29, 1.82) is 0 Å².